The Bertz CT molecular complexity index is 362. The summed E-state index contributed by atoms with van der Waals surface area (Å²) in [5.41, 5.74) is 7.17. The summed E-state index contributed by atoms with van der Waals surface area (Å²) in [6.45, 7) is 0.472. The Morgan fingerprint density at radius 3 is 3.14 bits per heavy atom. The zero-order valence-corrected chi connectivity index (χ0v) is 7.66. The van der Waals surface area contributed by atoms with Gasteiger partial charge in [0.15, 0.2) is 5.75 Å². The standard InChI is InChI=1S/C10H11NO3/c11-10(12)4-2-7-1-3-9-8(5-7)6-13-14-9/h1,3,5H,2,4,6H2,(H2,11,12). The highest BCUT2D eigenvalue weighted by atomic mass is 17.2. The summed E-state index contributed by atoms with van der Waals surface area (Å²) in [5.74, 6) is 0.478. The fraction of sp³-hybridized carbons (Fsp3) is 0.300. The van der Waals surface area contributed by atoms with Crippen molar-refractivity contribution < 1.29 is 14.6 Å². The second kappa shape index (κ2) is 3.67. The largest absolute Gasteiger partial charge is 0.370 e. The molecule has 14 heavy (non-hydrogen) atoms. The van der Waals surface area contributed by atoms with Crippen molar-refractivity contribution in [3.8, 4) is 5.75 Å². The molecule has 0 aliphatic carbocycles. The number of fused-ring (bicyclic) bond motifs is 1. The van der Waals surface area contributed by atoms with Crippen LogP contribution >= 0.6 is 0 Å². The van der Waals surface area contributed by atoms with E-state index in [-0.39, 0.29) is 5.91 Å². The molecule has 2 rings (SSSR count). The third kappa shape index (κ3) is 1.85. The van der Waals surface area contributed by atoms with Crippen LogP contribution in [0.1, 0.15) is 17.5 Å². The first kappa shape index (κ1) is 9.02. The summed E-state index contributed by atoms with van der Waals surface area (Å²) in [5, 5.41) is 0. The van der Waals surface area contributed by atoms with Crippen LogP contribution in [0.2, 0.25) is 0 Å². The van der Waals surface area contributed by atoms with Crippen LogP contribution in [0.4, 0.5) is 0 Å². The average molecular weight is 193 g/mol. The number of aryl methyl sites for hydroxylation is 1. The van der Waals surface area contributed by atoms with Gasteiger partial charge in [0.2, 0.25) is 5.91 Å². The molecular formula is C10H11NO3. The predicted octanol–water partition coefficient (Wildman–Crippen LogP) is 0.928. The summed E-state index contributed by atoms with van der Waals surface area (Å²) in [6, 6.07) is 5.74. The van der Waals surface area contributed by atoms with Crippen LogP contribution in [-0.2, 0) is 22.7 Å². The SMILES string of the molecule is NC(=O)CCc1ccc2c(c1)COO2. The van der Waals surface area contributed by atoms with E-state index in [4.69, 9.17) is 15.5 Å². The molecule has 0 unspecified atom stereocenters. The van der Waals surface area contributed by atoms with Crippen molar-refractivity contribution in [3.05, 3.63) is 29.3 Å². The van der Waals surface area contributed by atoms with E-state index in [0.717, 1.165) is 16.9 Å². The van der Waals surface area contributed by atoms with Gasteiger partial charge in [-0.1, -0.05) is 6.07 Å². The summed E-state index contributed by atoms with van der Waals surface area (Å²) >= 11 is 0. The van der Waals surface area contributed by atoms with Crippen molar-refractivity contribution in [1.82, 2.24) is 0 Å². The highest BCUT2D eigenvalue weighted by molar-refractivity contribution is 5.74. The zero-order valence-electron chi connectivity index (χ0n) is 7.66. The maximum atomic E-state index is 10.6. The lowest BCUT2D eigenvalue weighted by atomic mass is 10.1. The number of hydrogen-bond acceptors (Lipinski definition) is 3. The number of primary amides is 1. The molecule has 0 fully saturated rings. The Morgan fingerprint density at radius 2 is 2.36 bits per heavy atom. The lowest BCUT2D eigenvalue weighted by Crippen LogP contribution is -2.11. The molecule has 1 aliphatic heterocycles. The van der Waals surface area contributed by atoms with Crippen LogP contribution < -0.4 is 10.6 Å². The first-order chi connectivity index (χ1) is 6.75. The molecule has 0 saturated carbocycles. The van der Waals surface area contributed by atoms with E-state index in [2.05, 4.69) is 0 Å². The molecule has 2 N–H and O–H groups in total. The molecule has 0 atom stereocenters. The predicted molar refractivity (Wildman–Crippen MR) is 49.4 cm³/mol. The van der Waals surface area contributed by atoms with Crippen molar-refractivity contribution in [3.63, 3.8) is 0 Å². The van der Waals surface area contributed by atoms with Crippen molar-refractivity contribution >= 4 is 5.91 Å². The number of nitrogens with two attached hydrogens (primary N) is 1. The minimum atomic E-state index is -0.280. The molecular weight excluding hydrogens is 182 g/mol. The van der Waals surface area contributed by atoms with E-state index >= 15 is 0 Å². The van der Waals surface area contributed by atoms with Gasteiger partial charge in [0.1, 0.15) is 6.61 Å². The first-order valence-corrected chi connectivity index (χ1v) is 4.45. The molecule has 74 valence electrons. The number of hydrogen-bond donors (Lipinski definition) is 1. The highest BCUT2D eigenvalue weighted by Crippen LogP contribution is 2.26. The van der Waals surface area contributed by atoms with E-state index < -0.39 is 0 Å². The molecule has 1 aliphatic rings. The minimum absolute atomic E-state index is 0.280. The third-order valence-corrected chi connectivity index (χ3v) is 2.15. The molecule has 0 spiro atoms. The van der Waals surface area contributed by atoms with Gasteiger partial charge in [-0.3, -0.25) is 4.79 Å². The number of rotatable bonds is 3. The average Bonchev–Trinajstić information content (AvgIpc) is 2.61. The fourth-order valence-corrected chi connectivity index (χ4v) is 1.41. The number of benzene rings is 1. The second-order valence-corrected chi connectivity index (χ2v) is 3.25. The molecule has 0 bridgehead atoms. The monoisotopic (exact) mass is 193 g/mol. The maximum absolute atomic E-state index is 10.6. The van der Waals surface area contributed by atoms with Crippen LogP contribution in [0.15, 0.2) is 18.2 Å². The summed E-state index contributed by atoms with van der Waals surface area (Å²) in [7, 11) is 0. The van der Waals surface area contributed by atoms with Crippen molar-refractivity contribution in [1.29, 1.82) is 0 Å². The maximum Gasteiger partial charge on any atom is 0.217 e. The van der Waals surface area contributed by atoms with E-state index in [0.29, 0.717) is 19.4 Å². The first-order valence-electron chi connectivity index (χ1n) is 4.45. The smallest absolute Gasteiger partial charge is 0.217 e. The van der Waals surface area contributed by atoms with Gasteiger partial charge in [-0.25, -0.2) is 0 Å². The topological polar surface area (TPSA) is 61.6 Å². The number of carbonyl (C=O) groups is 1. The second-order valence-electron chi connectivity index (χ2n) is 3.25. The van der Waals surface area contributed by atoms with Gasteiger partial charge in [-0.05, 0) is 24.1 Å². The quantitative estimate of drug-likeness (QED) is 0.726. The molecule has 0 radical (unpaired) electrons. The van der Waals surface area contributed by atoms with E-state index in [1.165, 1.54) is 0 Å². The highest BCUT2D eigenvalue weighted by Gasteiger charge is 2.13. The molecule has 0 aromatic heterocycles. The van der Waals surface area contributed by atoms with Crippen LogP contribution in [0.3, 0.4) is 0 Å². The third-order valence-electron chi connectivity index (χ3n) is 2.15. The molecule has 1 aromatic carbocycles. The van der Waals surface area contributed by atoms with Gasteiger partial charge in [0, 0.05) is 12.0 Å². The van der Waals surface area contributed by atoms with Gasteiger partial charge in [-0.15, -0.1) is 0 Å². The normalized spacial score (nSPS) is 13.4. The Labute approximate surface area is 81.5 Å². The lowest BCUT2D eigenvalue weighted by Gasteiger charge is -2.00. The zero-order chi connectivity index (χ0) is 9.97. The van der Waals surface area contributed by atoms with Crippen molar-refractivity contribution in [2.24, 2.45) is 5.73 Å². The lowest BCUT2D eigenvalue weighted by molar-refractivity contribution is -0.194. The Balaban J connectivity index is 2.09. The van der Waals surface area contributed by atoms with Gasteiger partial charge in [0.25, 0.3) is 0 Å². The van der Waals surface area contributed by atoms with Crippen molar-refractivity contribution in [2.45, 2.75) is 19.4 Å². The van der Waals surface area contributed by atoms with Crippen LogP contribution in [-0.4, -0.2) is 5.91 Å². The molecule has 1 amide bonds. The Hall–Kier alpha value is -1.55. The molecule has 1 heterocycles. The number of carbonyl (C=O) groups excluding carboxylic acids is 1. The van der Waals surface area contributed by atoms with Crippen LogP contribution in [0, 0.1) is 0 Å². The Kier molecular flexibility index (Phi) is 2.37. The van der Waals surface area contributed by atoms with Gasteiger partial charge >= 0.3 is 0 Å². The summed E-state index contributed by atoms with van der Waals surface area (Å²) < 4.78 is 0. The Morgan fingerprint density at radius 1 is 1.50 bits per heavy atom. The molecule has 0 saturated heterocycles. The molecule has 1 aromatic rings. The van der Waals surface area contributed by atoms with Crippen molar-refractivity contribution in [2.75, 3.05) is 0 Å². The number of amides is 1. The minimum Gasteiger partial charge on any atom is -0.370 e. The molecule has 4 nitrogen and oxygen atoms in total. The fourth-order valence-electron chi connectivity index (χ4n) is 1.41. The summed E-state index contributed by atoms with van der Waals surface area (Å²) in [6.07, 6.45) is 1.04. The summed E-state index contributed by atoms with van der Waals surface area (Å²) in [4.78, 5) is 20.3. The molecule has 4 heteroatoms. The van der Waals surface area contributed by atoms with Crippen LogP contribution in [0.5, 0.6) is 5.75 Å². The van der Waals surface area contributed by atoms with E-state index in [9.17, 15) is 4.79 Å². The van der Waals surface area contributed by atoms with E-state index in [1.807, 2.05) is 18.2 Å². The van der Waals surface area contributed by atoms with Gasteiger partial charge < -0.3 is 10.6 Å². The van der Waals surface area contributed by atoms with Crippen LogP contribution in [0.25, 0.3) is 0 Å². The van der Waals surface area contributed by atoms with Gasteiger partial charge in [-0.2, -0.15) is 4.89 Å². The van der Waals surface area contributed by atoms with Gasteiger partial charge in [0.05, 0.1) is 0 Å². The van der Waals surface area contributed by atoms with E-state index in [1.54, 1.807) is 0 Å².